The van der Waals surface area contributed by atoms with Crippen molar-refractivity contribution < 1.29 is 14.3 Å². The van der Waals surface area contributed by atoms with Gasteiger partial charge >= 0.3 is 0 Å². The molecular weight excluding hydrogens is 359 g/mol. The largest absolute Gasteiger partial charge is 0.387 e. The number of alkyl halides is 1. The molecule has 1 aromatic heterocycles. The monoisotopic (exact) mass is 376 g/mol. The van der Waals surface area contributed by atoms with Gasteiger partial charge in [0.2, 0.25) is 0 Å². The third kappa shape index (κ3) is 5.15. The first-order chi connectivity index (χ1) is 12.2. The summed E-state index contributed by atoms with van der Waals surface area (Å²) in [6.45, 7) is 2.30. The van der Waals surface area contributed by atoms with Crippen LogP contribution < -0.4 is 10.6 Å². The second kappa shape index (κ2) is 8.13. The van der Waals surface area contributed by atoms with Gasteiger partial charge in [0.15, 0.2) is 0 Å². The van der Waals surface area contributed by atoms with Crippen LogP contribution in [0.25, 0.3) is 0 Å². The number of carbonyl (C=O) groups is 1. The fourth-order valence-corrected chi connectivity index (χ4v) is 2.18. The van der Waals surface area contributed by atoms with Crippen LogP contribution >= 0.6 is 11.6 Å². The number of aliphatic hydroxyl groups is 1. The van der Waals surface area contributed by atoms with Crippen LogP contribution in [0.4, 0.5) is 15.8 Å². The van der Waals surface area contributed by atoms with Crippen LogP contribution in [0.2, 0.25) is 5.15 Å². The molecule has 0 fully saturated rings. The minimum absolute atomic E-state index is 0.168. The van der Waals surface area contributed by atoms with Crippen LogP contribution in [0.15, 0.2) is 36.5 Å². The molecule has 0 aliphatic carbocycles. The highest BCUT2D eigenvalue weighted by Gasteiger charge is 2.27. The number of amides is 1. The summed E-state index contributed by atoms with van der Waals surface area (Å²) in [5.74, 6) is -0.558. The maximum Gasteiger partial charge on any atom is 0.255 e. The summed E-state index contributed by atoms with van der Waals surface area (Å²) in [5, 5.41) is 24.1. The second-order valence-electron chi connectivity index (χ2n) is 6.20. The van der Waals surface area contributed by atoms with E-state index in [9.17, 15) is 14.3 Å². The first kappa shape index (κ1) is 19.6. The van der Waals surface area contributed by atoms with Crippen molar-refractivity contribution in [3.8, 4) is 6.07 Å². The Labute approximate surface area is 155 Å². The lowest BCUT2D eigenvalue weighted by Crippen LogP contribution is -2.42. The maximum atomic E-state index is 13.8. The van der Waals surface area contributed by atoms with Crippen LogP contribution in [0, 0.1) is 11.3 Å². The first-order valence-corrected chi connectivity index (χ1v) is 8.16. The number of rotatable bonds is 6. The maximum absolute atomic E-state index is 13.8. The molecule has 1 atom stereocenters. The standard InChI is InChI=1S/C18H18ClFN4O2/c1-18(2,26)15(20)10-23-17(25)13-9-22-16(19)7-14(13)24-12-5-3-11(8-21)4-6-12/h3-7,9,15,26H,10H2,1-2H3,(H,22,24)(H,23,25). The van der Waals surface area contributed by atoms with E-state index in [1.165, 1.54) is 26.1 Å². The zero-order chi connectivity index (χ0) is 19.3. The molecule has 6 nitrogen and oxygen atoms in total. The van der Waals surface area contributed by atoms with Gasteiger partial charge in [0, 0.05) is 11.9 Å². The molecular formula is C18H18ClFN4O2. The van der Waals surface area contributed by atoms with Crippen molar-refractivity contribution in [1.29, 1.82) is 5.26 Å². The third-order valence-corrected chi connectivity index (χ3v) is 3.82. The number of hydrogen-bond donors (Lipinski definition) is 3. The van der Waals surface area contributed by atoms with Crippen LogP contribution in [0.5, 0.6) is 0 Å². The minimum Gasteiger partial charge on any atom is -0.387 e. The Kier molecular flexibility index (Phi) is 6.14. The fraction of sp³-hybridized carbons (Fsp3) is 0.278. The van der Waals surface area contributed by atoms with Gasteiger partial charge in [0.1, 0.15) is 11.3 Å². The molecule has 136 valence electrons. The van der Waals surface area contributed by atoms with Gasteiger partial charge in [0.25, 0.3) is 5.91 Å². The summed E-state index contributed by atoms with van der Waals surface area (Å²) in [7, 11) is 0. The van der Waals surface area contributed by atoms with Crippen molar-refractivity contribution >= 4 is 28.9 Å². The molecule has 1 aromatic carbocycles. The molecule has 2 rings (SSSR count). The van der Waals surface area contributed by atoms with E-state index in [-0.39, 0.29) is 17.3 Å². The predicted molar refractivity (Wildman–Crippen MR) is 97.2 cm³/mol. The van der Waals surface area contributed by atoms with Crippen molar-refractivity contribution in [1.82, 2.24) is 10.3 Å². The van der Waals surface area contributed by atoms with E-state index < -0.39 is 17.7 Å². The lowest BCUT2D eigenvalue weighted by atomic mass is 10.0. The van der Waals surface area contributed by atoms with Gasteiger partial charge in [0.05, 0.1) is 35.0 Å². The first-order valence-electron chi connectivity index (χ1n) is 7.78. The normalized spacial score (nSPS) is 12.2. The number of aromatic nitrogens is 1. The van der Waals surface area contributed by atoms with Crippen molar-refractivity contribution in [2.24, 2.45) is 0 Å². The molecule has 0 bridgehead atoms. The van der Waals surface area contributed by atoms with Gasteiger partial charge < -0.3 is 15.7 Å². The van der Waals surface area contributed by atoms with Crippen molar-refractivity contribution in [3.63, 3.8) is 0 Å². The van der Waals surface area contributed by atoms with E-state index in [1.54, 1.807) is 24.3 Å². The lowest BCUT2D eigenvalue weighted by molar-refractivity contribution is -0.00177. The topological polar surface area (TPSA) is 98.0 Å². The molecule has 1 heterocycles. The number of nitriles is 1. The zero-order valence-electron chi connectivity index (χ0n) is 14.3. The smallest absolute Gasteiger partial charge is 0.255 e. The molecule has 1 unspecified atom stereocenters. The summed E-state index contributed by atoms with van der Waals surface area (Å²) < 4.78 is 13.8. The Hall–Kier alpha value is -2.69. The van der Waals surface area contributed by atoms with E-state index in [0.717, 1.165) is 0 Å². The van der Waals surface area contributed by atoms with Gasteiger partial charge in [-0.15, -0.1) is 0 Å². The molecule has 0 radical (unpaired) electrons. The van der Waals surface area contributed by atoms with Crippen LogP contribution in [-0.4, -0.2) is 34.3 Å². The van der Waals surface area contributed by atoms with Gasteiger partial charge in [-0.3, -0.25) is 4.79 Å². The molecule has 0 spiro atoms. The van der Waals surface area contributed by atoms with Crippen LogP contribution in [0.1, 0.15) is 29.8 Å². The van der Waals surface area contributed by atoms with Gasteiger partial charge in [-0.2, -0.15) is 5.26 Å². The minimum atomic E-state index is -1.62. The second-order valence-corrected chi connectivity index (χ2v) is 6.59. The number of carbonyl (C=O) groups excluding carboxylic acids is 1. The summed E-state index contributed by atoms with van der Waals surface area (Å²) in [6.07, 6.45) is -0.345. The molecule has 0 aliphatic heterocycles. The quantitative estimate of drug-likeness (QED) is 0.672. The van der Waals surface area contributed by atoms with E-state index in [2.05, 4.69) is 15.6 Å². The van der Waals surface area contributed by atoms with E-state index in [1.807, 2.05) is 6.07 Å². The molecule has 0 saturated heterocycles. The number of nitrogens with one attached hydrogen (secondary N) is 2. The molecule has 0 saturated carbocycles. The van der Waals surface area contributed by atoms with Crippen LogP contribution in [-0.2, 0) is 0 Å². The summed E-state index contributed by atoms with van der Waals surface area (Å²) in [5.41, 5.74) is 0.129. The molecule has 3 N–H and O–H groups in total. The number of benzene rings is 1. The van der Waals surface area contributed by atoms with Gasteiger partial charge in [-0.05, 0) is 44.2 Å². The van der Waals surface area contributed by atoms with Crippen molar-refractivity contribution in [2.75, 3.05) is 11.9 Å². The Bertz CT molecular complexity index is 829. The van der Waals surface area contributed by atoms with E-state index >= 15 is 0 Å². The molecule has 2 aromatic rings. The number of anilines is 2. The lowest BCUT2D eigenvalue weighted by Gasteiger charge is -2.22. The Morgan fingerprint density at radius 3 is 2.65 bits per heavy atom. The summed E-state index contributed by atoms with van der Waals surface area (Å²) in [6, 6.07) is 10.1. The fourth-order valence-electron chi connectivity index (χ4n) is 2.03. The van der Waals surface area contributed by atoms with E-state index in [0.29, 0.717) is 16.9 Å². The van der Waals surface area contributed by atoms with Gasteiger partial charge in [-0.1, -0.05) is 11.6 Å². The highest BCUT2D eigenvalue weighted by Crippen LogP contribution is 2.24. The molecule has 26 heavy (non-hydrogen) atoms. The molecule has 1 amide bonds. The average molecular weight is 377 g/mol. The summed E-state index contributed by atoms with van der Waals surface area (Å²) in [4.78, 5) is 16.3. The predicted octanol–water partition coefficient (Wildman–Crippen LogP) is 3.19. The summed E-state index contributed by atoms with van der Waals surface area (Å²) >= 11 is 5.90. The number of nitrogens with zero attached hydrogens (tertiary/aromatic N) is 2. The number of hydrogen-bond acceptors (Lipinski definition) is 5. The van der Waals surface area contributed by atoms with E-state index in [4.69, 9.17) is 16.9 Å². The highest BCUT2D eigenvalue weighted by molar-refractivity contribution is 6.29. The van der Waals surface area contributed by atoms with Crippen LogP contribution in [0.3, 0.4) is 0 Å². The highest BCUT2D eigenvalue weighted by atomic mass is 35.5. The van der Waals surface area contributed by atoms with Crippen molar-refractivity contribution in [2.45, 2.75) is 25.6 Å². The SMILES string of the molecule is CC(C)(O)C(F)CNC(=O)c1cnc(Cl)cc1Nc1ccc(C#N)cc1. The molecule has 8 heteroatoms. The Balaban J connectivity index is 2.18. The average Bonchev–Trinajstić information content (AvgIpc) is 2.59. The number of pyridine rings is 1. The van der Waals surface area contributed by atoms with Crippen molar-refractivity contribution in [3.05, 3.63) is 52.8 Å². The Morgan fingerprint density at radius 1 is 1.42 bits per heavy atom. The zero-order valence-corrected chi connectivity index (χ0v) is 15.0. The van der Waals surface area contributed by atoms with Gasteiger partial charge in [-0.25, -0.2) is 9.37 Å². The molecule has 0 aliphatic rings. The Morgan fingerprint density at radius 2 is 2.08 bits per heavy atom. The third-order valence-electron chi connectivity index (χ3n) is 3.62. The number of halogens is 2.